The van der Waals surface area contributed by atoms with Gasteiger partial charge in [0.15, 0.2) is 0 Å². The zero-order valence-corrected chi connectivity index (χ0v) is 13.4. The quantitative estimate of drug-likeness (QED) is 0.797. The molecule has 2 heterocycles. The molecule has 3 rings (SSSR count). The van der Waals surface area contributed by atoms with Gasteiger partial charge in [0.25, 0.3) is 0 Å². The molecule has 0 atom stereocenters. The topological polar surface area (TPSA) is 48.3 Å². The average Bonchev–Trinajstić information content (AvgIpc) is 3.08. The maximum Gasteiger partial charge on any atom is 0.137 e. The van der Waals surface area contributed by atoms with Crippen LogP contribution in [0.4, 0.5) is 0 Å². The highest BCUT2D eigenvalue weighted by atomic mass is 35.5. The first-order valence-corrected chi connectivity index (χ1v) is 7.87. The van der Waals surface area contributed by atoms with E-state index in [4.69, 9.17) is 21.1 Å². The molecule has 0 spiro atoms. The summed E-state index contributed by atoms with van der Waals surface area (Å²) in [4.78, 5) is 0. The van der Waals surface area contributed by atoms with Crippen molar-refractivity contribution >= 4 is 11.6 Å². The molecule has 1 aromatic heterocycles. The van der Waals surface area contributed by atoms with E-state index in [2.05, 4.69) is 21.2 Å². The second kappa shape index (κ2) is 7.03. The zero-order valence-electron chi connectivity index (χ0n) is 12.6. The third-order valence-electron chi connectivity index (χ3n) is 3.69. The molecule has 0 fully saturated rings. The highest BCUT2D eigenvalue weighted by Crippen LogP contribution is 2.28. The monoisotopic (exact) mass is 321 g/mol. The summed E-state index contributed by atoms with van der Waals surface area (Å²) < 4.78 is 12.9. The minimum absolute atomic E-state index is 0.556. The summed E-state index contributed by atoms with van der Waals surface area (Å²) in [5.74, 6) is 1.40. The van der Waals surface area contributed by atoms with Gasteiger partial charge in [0.1, 0.15) is 18.1 Å². The molecule has 1 aliphatic heterocycles. The van der Waals surface area contributed by atoms with Gasteiger partial charge in [-0.2, -0.15) is 5.10 Å². The van der Waals surface area contributed by atoms with E-state index in [0.29, 0.717) is 17.4 Å². The van der Waals surface area contributed by atoms with E-state index in [1.807, 2.05) is 6.07 Å². The van der Waals surface area contributed by atoms with Crippen LogP contribution in [0, 0.1) is 0 Å². The van der Waals surface area contributed by atoms with Gasteiger partial charge >= 0.3 is 0 Å². The Bertz CT molecular complexity index is 621. The van der Waals surface area contributed by atoms with E-state index >= 15 is 0 Å². The predicted molar refractivity (Wildman–Crippen MR) is 85.8 cm³/mol. The number of hydrogen-bond donors (Lipinski definition) is 1. The molecule has 6 heteroatoms. The van der Waals surface area contributed by atoms with Crippen LogP contribution in [0.25, 0.3) is 0 Å². The molecule has 0 radical (unpaired) electrons. The smallest absolute Gasteiger partial charge is 0.137 e. The average molecular weight is 322 g/mol. The molecule has 118 valence electrons. The lowest BCUT2D eigenvalue weighted by molar-refractivity contribution is 0.312. The van der Waals surface area contributed by atoms with Crippen LogP contribution in [0.5, 0.6) is 11.5 Å². The standard InChI is InChI=1S/C16H20ClN3O2/c1-21-16-5-4-14(10-15(16)17)22-8-6-18-11-12-9-13-3-2-7-20(13)19-12/h4-5,9-10,18H,2-3,6-8,11H2,1H3. The number of benzene rings is 1. The summed E-state index contributed by atoms with van der Waals surface area (Å²) in [6.45, 7) is 3.16. The molecule has 0 unspecified atom stereocenters. The number of nitrogens with zero attached hydrogens (tertiary/aromatic N) is 2. The van der Waals surface area contributed by atoms with Crippen LogP contribution in [-0.4, -0.2) is 30.0 Å². The molecule has 1 aliphatic rings. The Morgan fingerprint density at radius 3 is 3.05 bits per heavy atom. The van der Waals surface area contributed by atoms with Crippen molar-refractivity contribution in [2.24, 2.45) is 0 Å². The SMILES string of the molecule is COc1ccc(OCCNCc2cc3n(n2)CCC3)cc1Cl. The fourth-order valence-electron chi connectivity index (χ4n) is 2.60. The van der Waals surface area contributed by atoms with Gasteiger partial charge in [-0.3, -0.25) is 4.68 Å². The van der Waals surface area contributed by atoms with Gasteiger partial charge in [0.05, 0.1) is 17.8 Å². The number of ether oxygens (including phenoxy) is 2. The minimum atomic E-state index is 0.556. The van der Waals surface area contributed by atoms with Gasteiger partial charge in [-0.25, -0.2) is 0 Å². The molecule has 0 saturated carbocycles. The van der Waals surface area contributed by atoms with E-state index in [-0.39, 0.29) is 0 Å². The summed E-state index contributed by atoms with van der Waals surface area (Å²) in [5, 5.41) is 8.45. The van der Waals surface area contributed by atoms with Gasteiger partial charge in [-0.1, -0.05) is 11.6 Å². The zero-order chi connectivity index (χ0) is 15.4. The molecular weight excluding hydrogens is 302 g/mol. The first-order valence-electron chi connectivity index (χ1n) is 7.49. The maximum atomic E-state index is 6.05. The lowest BCUT2D eigenvalue weighted by atomic mass is 10.3. The van der Waals surface area contributed by atoms with Crippen molar-refractivity contribution in [3.63, 3.8) is 0 Å². The van der Waals surface area contributed by atoms with Crippen molar-refractivity contribution < 1.29 is 9.47 Å². The van der Waals surface area contributed by atoms with E-state index in [9.17, 15) is 0 Å². The lowest BCUT2D eigenvalue weighted by Crippen LogP contribution is -2.21. The number of aryl methyl sites for hydroxylation is 2. The summed E-state index contributed by atoms with van der Waals surface area (Å²) in [7, 11) is 1.59. The normalized spacial score (nSPS) is 13.2. The molecule has 1 aromatic carbocycles. The van der Waals surface area contributed by atoms with Crippen LogP contribution >= 0.6 is 11.6 Å². The third-order valence-corrected chi connectivity index (χ3v) is 3.99. The van der Waals surface area contributed by atoms with Crippen molar-refractivity contribution in [3.05, 3.63) is 40.7 Å². The van der Waals surface area contributed by atoms with Crippen molar-refractivity contribution in [1.29, 1.82) is 0 Å². The van der Waals surface area contributed by atoms with Crippen LogP contribution in [0.2, 0.25) is 5.02 Å². The van der Waals surface area contributed by atoms with Gasteiger partial charge in [-0.15, -0.1) is 0 Å². The van der Waals surface area contributed by atoms with E-state index in [1.54, 1.807) is 19.2 Å². The van der Waals surface area contributed by atoms with Crippen molar-refractivity contribution in [2.45, 2.75) is 25.9 Å². The number of fused-ring (bicyclic) bond motifs is 1. The molecule has 0 bridgehead atoms. The first kappa shape index (κ1) is 15.2. The van der Waals surface area contributed by atoms with Crippen LogP contribution in [0.1, 0.15) is 17.8 Å². The van der Waals surface area contributed by atoms with Crippen LogP contribution in [-0.2, 0) is 19.5 Å². The van der Waals surface area contributed by atoms with Crippen molar-refractivity contribution in [2.75, 3.05) is 20.3 Å². The Labute approximate surface area is 135 Å². The van der Waals surface area contributed by atoms with Crippen molar-refractivity contribution in [1.82, 2.24) is 15.1 Å². The molecule has 0 aliphatic carbocycles. The molecule has 0 saturated heterocycles. The molecule has 22 heavy (non-hydrogen) atoms. The molecule has 1 N–H and O–H groups in total. The van der Waals surface area contributed by atoms with E-state index in [1.165, 1.54) is 12.1 Å². The van der Waals surface area contributed by atoms with Crippen molar-refractivity contribution in [3.8, 4) is 11.5 Å². The number of halogens is 1. The number of rotatable bonds is 7. The first-order chi connectivity index (χ1) is 10.8. The second-order valence-electron chi connectivity index (χ2n) is 5.28. The Morgan fingerprint density at radius 2 is 2.27 bits per heavy atom. The van der Waals surface area contributed by atoms with Gasteiger partial charge in [-0.05, 0) is 31.0 Å². The Balaban J connectivity index is 1.39. The van der Waals surface area contributed by atoms with E-state index in [0.717, 1.165) is 37.5 Å². The number of aromatic nitrogens is 2. The van der Waals surface area contributed by atoms with E-state index < -0.39 is 0 Å². The fraction of sp³-hybridized carbons (Fsp3) is 0.438. The number of hydrogen-bond acceptors (Lipinski definition) is 4. The summed E-state index contributed by atoms with van der Waals surface area (Å²) >= 11 is 6.05. The molecular formula is C16H20ClN3O2. The van der Waals surface area contributed by atoms with Gasteiger partial charge < -0.3 is 14.8 Å². The second-order valence-corrected chi connectivity index (χ2v) is 5.68. The molecule has 5 nitrogen and oxygen atoms in total. The number of nitrogens with one attached hydrogen (secondary N) is 1. The third kappa shape index (κ3) is 3.54. The predicted octanol–water partition coefficient (Wildman–Crippen LogP) is 2.66. The maximum absolute atomic E-state index is 6.05. The summed E-state index contributed by atoms with van der Waals surface area (Å²) in [5.41, 5.74) is 2.45. The molecule has 2 aromatic rings. The summed E-state index contributed by atoms with van der Waals surface area (Å²) in [6, 6.07) is 7.60. The Morgan fingerprint density at radius 1 is 1.36 bits per heavy atom. The summed E-state index contributed by atoms with van der Waals surface area (Å²) in [6.07, 6.45) is 2.36. The number of methoxy groups -OCH3 is 1. The van der Waals surface area contributed by atoms with Gasteiger partial charge in [0, 0.05) is 31.4 Å². The van der Waals surface area contributed by atoms with Crippen LogP contribution < -0.4 is 14.8 Å². The van der Waals surface area contributed by atoms with Crippen LogP contribution in [0.3, 0.4) is 0 Å². The highest BCUT2D eigenvalue weighted by molar-refractivity contribution is 6.32. The minimum Gasteiger partial charge on any atom is -0.495 e. The van der Waals surface area contributed by atoms with Crippen LogP contribution in [0.15, 0.2) is 24.3 Å². The highest BCUT2D eigenvalue weighted by Gasteiger charge is 2.12. The Kier molecular flexibility index (Phi) is 4.85. The molecule has 0 amide bonds. The largest absolute Gasteiger partial charge is 0.495 e. The Hall–Kier alpha value is -1.72. The fourth-order valence-corrected chi connectivity index (χ4v) is 2.85. The lowest BCUT2D eigenvalue weighted by Gasteiger charge is -2.09. The van der Waals surface area contributed by atoms with Gasteiger partial charge in [0.2, 0.25) is 0 Å².